The highest BCUT2D eigenvalue weighted by molar-refractivity contribution is 6.30. The second-order valence-electron chi connectivity index (χ2n) is 8.64. The van der Waals surface area contributed by atoms with E-state index in [2.05, 4.69) is 15.3 Å². The van der Waals surface area contributed by atoms with Gasteiger partial charge in [-0.15, -0.1) is 0 Å². The van der Waals surface area contributed by atoms with Crippen LogP contribution in [0.4, 0.5) is 34.8 Å². The lowest BCUT2D eigenvalue weighted by Gasteiger charge is -2.40. The Kier molecular flexibility index (Phi) is 5.82. The number of carbonyl (C=O) groups excluding carboxylic acids is 2. The molecule has 1 saturated heterocycles. The van der Waals surface area contributed by atoms with Gasteiger partial charge in [0.05, 0.1) is 41.0 Å². The number of anilines is 3. The van der Waals surface area contributed by atoms with Gasteiger partial charge in [0.2, 0.25) is 17.8 Å². The predicted molar refractivity (Wildman–Crippen MR) is 125 cm³/mol. The number of nitrogens with zero attached hydrogens (tertiary/aromatic N) is 4. The summed E-state index contributed by atoms with van der Waals surface area (Å²) >= 11 is 5.68. The van der Waals surface area contributed by atoms with Crippen molar-refractivity contribution in [1.29, 1.82) is 0 Å². The molecule has 2 aliphatic rings. The first kappa shape index (κ1) is 24.0. The maximum Gasteiger partial charge on any atom is 0.282 e. The molecule has 7 nitrogen and oxygen atoms in total. The van der Waals surface area contributed by atoms with E-state index in [4.69, 9.17) is 11.6 Å². The monoisotopic (exact) mass is 519 g/mol. The molecule has 0 bridgehead atoms. The standard InChI is InChI=1S/C24H18ClF4N5O2/c1-12-21-14(3-2-6-30-21)20-17(8-18(32-22(20)27)33-10-24(28,29)11-33)34(23(12)36)9-19(35)31-13-4-5-15(25)16(26)7-13/h2-8,12H,9-11H2,1H3,(H,31,35). The van der Waals surface area contributed by atoms with Gasteiger partial charge in [0.15, 0.2) is 0 Å². The summed E-state index contributed by atoms with van der Waals surface area (Å²) in [6.45, 7) is -0.290. The largest absolute Gasteiger partial charge is 0.344 e. The molecule has 1 unspecified atom stereocenters. The van der Waals surface area contributed by atoms with Crippen LogP contribution in [0.25, 0.3) is 11.1 Å². The fourth-order valence-electron chi connectivity index (χ4n) is 4.31. The molecule has 3 aromatic rings. The number of hydrogen-bond donors (Lipinski definition) is 1. The van der Waals surface area contributed by atoms with E-state index in [1.165, 1.54) is 29.3 Å². The van der Waals surface area contributed by atoms with Crippen molar-refractivity contribution in [2.75, 3.05) is 34.8 Å². The molecule has 0 radical (unpaired) electrons. The minimum absolute atomic E-state index is 0.00578. The molecule has 2 aromatic heterocycles. The lowest BCUT2D eigenvalue weighted by Crippen LogP contribution is -2.56. The Morgan fingerprint density at radius 3 is 2.67 bits per heavy atom. The van der Waals surface area contributed by atoms with Crippen LogP contribution in [0.3, 0.4) is 0 Å². The van der Waals surface area contributed by atoms with E-state index in [0.717, 1.165) is 11.0 Å². The number of nitrogens with one attached hydrogen (secondary N) is 1. The van der Waals surface area contributed by atoms with Gasteiger partial charge in [-0.1, -0.05) is 17.7 Å². The van der Waals surface area contributed by atoms with Crippen molar-refractivity contribution >= 4 is 40.6 Å². The van der Waals surface area contributed by atoms with Gasteiger partial charge in [0, 0.05) is 23.5 Å². The van der Waals surface area contributed by atoms with Crippen LogP contribution in [0.1, 0.15) is 18.5 Å². The van der Waals surface area contributed by atoms with Gasteiger partial charge >= 0.3 is 0 Å². The third-order valence-electron chi connectivity index (χ3n) is 6.06. The second-order valence-corrected chi connectivity index (χ2v) is 9.04. The Bertz CT molecular complexity index is 1390. The minimum atomic E-state index is -2.93. The van der Waals surface area contributed by atoms with Crippen molar-refractivity contribution in [3.8, 4) is 11.1 Å². The zero-order valence-corrected chi connectivity index (χ0v) is 19.5. The highest BCUT2D eigenvalue weighted by atomic mass is 35.5. The first-order chi connectivity index (χ1) is 17.0. The number of rotatable bonds is 4. The molecule has 186 valence electrons. The molecule has 5 rings (SSSR count). The van der Waals surface area contributed by atoms with E-state index in [0.29, 0.717) is 5.56 Å². The Labute approximate surface area is 207 Å². The normalized spacial score (nSPS) is 18.2. The topological polar surface area (TPSA) is 78.4 Å². The van der Waals surface area contributed by atoms with Crippen LogP contribution >= 0.6 is 11.6 Å². The first-order valence-corrected chi connectivity index (χ1v) is 11.3. The van der Waals surface area contributed by atoms with Gasteiger partial charge in [-0.3, -0.25) is 14.6 Å². The number of alkyl halides is 2. The van der Waals surface area contributed by atoms with E-state index < -0.39 is 55.1 Å². The summed E-state index contributed by atoms with van der Waals surface area (Å²) in [7, 11) is 0. The number of fused-ring (bicyclic) bond motifs is 3. The number of hydrogen-bond acceptors (Lipinski definition) is 5. The number of amides is 2. The second kappa shape index (κ2) is 8.74. The van der Waals surface area contributed by atoms with Gasteiger partial charge in [-0.2, -0.15) is 4.39 Å². The summed E-state index contributed by atoms with van der Waals surface area (Å²) in [6.07, 6.45) is 1.46. The molecule has 4 heterocycles. The Morgan fingerprint density at radius 2 is 1.97 bits per heavy atom. The van der Waals surface area contributed by atoms with E-state index in [1.54, 1.807) is 19.1 Å². The molecule has 1 aromatic carbocycles. The average Bonchev–Trinajstić information content (AvgIpc) is 2.89. The van der Waals surface area contributed by atoms with E-state index >= 15 is 4.39 Å². The summed E-state index contributed by atoms with van der Waals surface area (Å²) in [5.74, 6) is -6.86. The average molecular weight is 520 g/mol. The SMILES string of the molecule is CC1C(=O)N(CC(=O)Nc2ccc(Cl)c(F)c2)c2cc(N3CC(F)(F)C3)nc(F)c2-c2cccnc21. The lowest BCUT2D eigenvalue weighted by atomic mass is 9.98. The van der Waals surface area contributed by atoms with Gasteiger partial charge < -0.3 is 15.1 Å². The molecule has 2 amide bonds. The van der Waals surface area contributed by atoms with Gasteiger partial charge in [0.1, 0.15) is 18.2 Å². The molecule has 12 heteroatoms. The quantitative estimate of drug-likeness (QED) is 0.402. The number of benzene rings is 1. The zero-order valence-electron chi connectivity index (χ0n) is 18.7. The first-order valence-electron chi connectivity index (χ1n) is 10.9. The van der Waals surface area contributed by atoms with Crippen molar-refractivity contribution in [2.45, 2.75) is 18.8 Å². The van der Waals surface area contributed by atoms with Crippen molar-refractivity contribution in [3.05, 3.63) is 65.1 Å². The van der Waals surface area contributed by atoms with Crippen LogP contribution < -0.4 is 15.1 Å². The van der Waals surface area contributed by atoms with Crippen molar-refractivity contribution < 1.29 is 27.2 Å². The molecule has 0 aliphatic carbocycles. The highest BCUT2D eigenvalue weighted by Crippen LogP contribution is 2.43. The summed E-state index contributed by atoms with van der Waals surface area (Å²) in [5, 5.41) is 2.36. The van der Waals surface area contributed by atoms with E-state index in [9.17, 15) is 22.8 Å². The number of aromatic nitrogens is 2. The van der Waals surface area contributed by atoms with Crippen LogP contribution in [-0.2, 0) is 9.59 Å². The molecule has 1 atom stereocenters. The van der Waals surface area contributed by atoms with Gasteiger partial charge in [-0.25, -0.2) is 18.2 Å². The van der Waals surface area contributed by atoms with Gasteiger partial charge in [-0.05, 0) is 31.2 Å². The van der Waals surface area contributed by atoms with Crippen LogP contribution in [0, 0.1) is 11.8 Å². The Hall–Kier alpha value is -3.73. The summed E-state index contributed by atoms with van der Waals surface area (Å²) in [5.41, 5.74) is 0.620. The molecule has 2 aliphatic heterocycles. The summed E-state index contributed by atoms with van der Waals surface area (Å²) in [6, 6.07) is 8.13. The molecule has 0 spiro atoms. The summed E-state index contributed by atoms with van der Waals surface area (Å²) < 4.78 is 56.2. The third-order valence-corrected chi connectivity index (χ3v) is 6.37. The number of halogens is 5. The van der Waals surface area contributed by atoms with Crippen molar-refractivity contribution in [2.24, 2.45) is 0 Å². The molecular weight excluding hydrogens is 502 g/mol. The van der Waals surface area contributed by atoms with E-state index in [1.807, 2.05) is 0 Å². The van der Waals surface area contributed by atoms with E-state index in [-0.39, 0.29) is 33.5 Å². The van der Waals surface area contributed by atoms with Gasteiger partial charge in [0.25, 0.3) is 5.92 Å². The maximum atomic E-state index is 15.5. The molecule has 1 fully saturated rings. The maximum absolute atomic E-state index is 15.5. The van der Waals surface area contributed by atoms with Crippen molar-refractivity contribution in [1.82, 2.24) is 9.97 Å². The summed E-state index contributed by atoms with van der Waals surface area (Å²) in [4.78, 5) is 36.7. The van der Waals surface area contributed by atoms with Crippen LogP contribution in [0.5, 0.6) is 0 Å². The number of pyridine rings is 2. The Morgan fingerprint density at radius 1 is 1.22 bits per heavy atom. The fourth-order valence-corrected chi connectivity index (χ4v) is 4.43. The third kappa shape index (κ3) is 4.23. The lowest BCUT2D eigenvalue weighted by molar-refractivity contribution is -0.122. The smallest absolute Gasteiger partial charge is 0.282 e. The molecule has 1 N–H and O–H groups in total. The van der Waals surface area contributed by atoms with Crippen LogP contribution in [0.15, 0.2) is 42.6 Å². The number of carbonyl (C=O) groups is 2. The highest BCUT2D eigenvalue weighted by Gasteiger charge is 2.45. The van der Waals surface area contributed by atoms with Crippen LogP contribution in [-0.4, -0.2) is 47.3 Å². The molecule has 0 saturated carbocycles. The van der Waals surface area contributed by atoms with Crippen molar-refractivity contribution in [3.63, 3.8) is 0 Å². The zero-order chi connectivity index (χ0) is 25.8. The molecule has 36 heavy (non-hydrogen) atoms. The fraction of sp³-hybridized carbons (Fsp3) is 0.250. The minimum Gasteiger partial charge on any atom is -0.344 e. The Balaban J connectivity index is 1.56. The predicted octanol–water partition coefficient (Wildman–Crippen LogP) is 4.62. The molecular formula is C24H18ClF4N5O2. The van der Waals surface area contributed by atoms with Crippen LogP contribution in [0.2, 0.25) is 5.02 Å².